The number of ether oxygens (including phenoxy) is 1. The van der Waals surface area contributed by atoms with E-state index < -0.39 is 6.09 Å². The first-order valence-electron chi connectivity index (χ1n) is 11.4. The molecular formula is C27H33N3O3S2. The van der Waals surface area contributed by atoms with E-state index in [0.717, 1.165) is 23.1 Å². The van der Waals surface area contributed by atoms with Crippen molar-refractivity contribution in [2.75, 3.05) is 30.0 Å². The number of amides is 1. The highest BCUT2D eigenvalue weighted by atomic mass is 32.2. The van der Waals surface area contributed by atoms with Crippen molar-refractivity contribution in [3.05, 3.63) is 58.7 Å². The number of allylic oxidation sites excluding steroid dienone is 5. The number of hydrogen-bond acceptors (Lipinski definition) is 7. The molecule has 1 aliphatic carbocycles. The number of aliphatic hydroxyl groups is 1. The van der Waals surface area contributed by atoms with Crippen molar-refractivity contribution in [2.24, 2.45) is 5.41 Å². The largest absolute Gasteiger partial charge is 0.448 e. The Balaban J connectivity index is 1.89. The Hall–Kier alpha value is -2.65. The molecule has 0 aromatic heterocycles. The van der Waals surface area contributed by atoms with Crippen molar-refractivity contribution in [1.82, 2.24) is 0 Å². The third-order valence-electron chi connectivity index (χ3n) is 5.21. The highest BCUT2D eigenvalue weighted by Crippen LogP contribution is 2.39. The van der Waals surface area contributed by atoms with Gasteiger partial charge in [0.15, 0.2) is 0 Å². The lowest BCUT2D eigenvalue weighted by Crippen LogP contribution is -2.18. The van der Waals surface area contributed by atoms with E-state index in [-0.39, 0.29) is 21.7 Å². The Kier molecular flexibility index (Phi) is 11.0. The van der Waals surface area contributed by atoms with Crippen LogP contribution in [0.2, 0.25) is 0 Å². The molecule has 1 aromatic carbocycles. The van der Waals surface area contributed by atoms with Crippen LogP contribution in [0.3, 0.4) is 0 Å². The van der Waals surface area contributed by atoms with Crippen molar-refractivity contribution in [3.8, 4) is 12.1 Å². The summed E-state index contributed by atoms with van der Waals surface area (Å²) in [5.41, 5.74) is 3.63. The number of aliphatic hydroxyl groups excluding tert-OH is 1. The topological polar surface area (TPSA) is 106 Å². The van der Waals surface area contributed by atoms with E-state index in [9.17, 15) is 15.3 Å². The number of anilines is 1. The molecule has 0 heterocycles. The van der Waals surface area contributed by atoms with Crippen LogP contribution in [0.4, 0.5) is 10.5 Å². The summed E-state index contributed by atoms with van der Waals surface area (Å²) in [6.07, 6.45) is 7.02. The predicted octanol–water partition coefficient (Wildman–Crippen LogP) is 6.53. The number of nitrogens with zero attached hydrogens (tertiary/aromatic N) is 2. The maximum Gasteiger partial charge on any atom is 0.411 e. The second-order valence-corrected chi connectivity index (χ2v) is 13.1. The predicted molar refractivity (Wildman–Crippen MR) is 146 cm³/mol. The fourth-order valence-electron chi connectivity index (χ4n) is 3.68. The van der Waals surface area contributed by atoms with E-state index in [1.165, 1.54) is 0 Å². The Morgan fingerprint density at radius 1 is 1.14 bits per heavy atom. The van der Waals surface area contributed by atoms with Gasteiger partial charge in [-0.1, -0.05) is 44.2 Å². The third kappa shape index (κ3) is 10.2. The van der Waals surface area contributed by atoms with Gasteiger partial charge in [0.25, 0.3) is 0 Å². The van der Waals surface area contributed by atoms with Gasteiger partial charge in [0, 0.05) is 17.2 Å². The van der Waals surface area contributed by atoms with Crippen molar-refractivity contribution >= 4 is 41.4 Å². The summed E-state index contributed by atoms with van der Waals surface area (Å²) >= 11 is 3.37. The van der Waals surface area contributed by atoms with Gasteiger partial charge in [-0.05, 0) is 60.9 Å². The Morgan fingerprint density at radius 2 is 1.80 bits per heavy atom. The van der Waals surface area contributed by atoms with E-state index >= 15 is 0 Å². The van der Waals surface area contributed by atoms with Gasteiger partial charge in [0.1, 0.15) is 24.3 Å². The molecule has 0 aliphatic heterocycles. The zero-order valence-corrected chi connectivity index (χ0v) is 22.4. The molecular weight excluding hydrogens is 478 g/mol. The van der Waals surface area contributed by atoms with E-state index in [1.54, 1.807) is 23.5 Å². The molecule has 0 saturated heterocycles. The zero-order valence-electron chi connectivity index (χ0n) is 20.8. The minimum atomic E-state index is -0.491. The lowest BCUT2D eigenvalue weighted by Gasteiger charge is -2.30. The number of carbonyl (C=O) groups is 1. The van der Waals surface area contributed by atoms with Gasteiger partial charge >= 0.3 is 6.09 Å². The van der Waals surface area contributed by atoms with Gasteiger partial charge in [-0.25, -0.2) is 4.79 Å². The molecule has 1 amide bonds. The monoisotopic (exact) mass is 511 g/mol. The molecule has 2 rings (SSSR count). The van der Waals surface area contributed by atoms with E-state index in [1.807, 2.05) is 54.6 Å². The summed E-state index contributed by atoms with van der Waals surface area (Å²) in [6, 6.07) is 11.4. The summed E-state index contributed by atoms with van der Waals surface area (Å²) in [4.78, 5) is 12.1. The number of thioether (sulfide) groups is 2. The first kappa shape index (κ1) is 28.6. The van der Waals surface area contributed by atoms with Crippen molar-refractivity contribution < 1.29 is 14.6 Å². The SMILES string of the molecule is CC1(C)CC(/C=C/c2ccc(NC(=O)OCCSC(C)(C)SCCO)cc2)=CC(=C(C#N)C#N)C1. The average Bonchev–Trinajstić information content (AvgIpc) is 2.80. The number of carbonyl (C=O) groups excluding carboxylic acids is 1. The molecule has 0 spiro atoms. The van der Waals surface area contributed by atoms with Crippen molar-refractivity contribution in [1.29, 1.82) is 10.5 Å². The molecule has 0 fully saturated rings. The van der Waals surface area contributed by atoms with Crippen LogP contribution in [-0.2, 0) is 4.74 Å². The second kappa shape index (κ2) is 13.4. The lowest BCUT2D eigenvalue weighted by atomic mass is 9.74. The van der Waals surface area contributed by atoms with Crippen LogP contribution in [0.25, 0.3) is 6.08 Å². The van der Waals surface area contributed by atoms with Gasteiger partial charge in [0.2, 0.25) is 0 Å². The maximum absolute atomic E-state index is 12.1. The number of benzene rings is 1. The molecule has 35 heavy (non-hydrogen) atoms. The molecule has 0 atom stereocenters. The van der Waals surface area contributed by atoms with E-state index in [0.29, 0.717) is 30.2 Å². The summed E-state index contributed by atoms with van der Waals surface area (Å²) in [5.74, 6) is 1.36. The summed E-state index contributed by atoms with van der Waals surface area (Å²) in [7, 11) is 0. The molecule has 1 aromatic rings. The van der Waals surface area contributed by atoms with Crippen molar-refractivity contribution in [2.45, 2.75) is 44.6 Å². The minimum absolute atomic E-state index is 0.0244. The van der Waals surface area contributed by atoms with Crippen LogP contribution in [0.1, 0.15) is 46.1 Å². The molecule has 6 nitrogen and oxygen atoms in total. The molecule has 0 radical (unpaired) electrons. The summed E-state index contributed by atoms with van der Waals surface area (Å²) in [6.45, 7) is 8.91. The van der Waals surface area contributed by atoms with Crippen LogP contribution in [0.15, 0.2) is 53.1 Å². The Labute approximate surface area is 217 Å². The Morgan fingerprint density at radius 3 is 2.43 bits per heavy atom. The van der Waals surface area contributed by atoms with Crippen LogP contribution < -0.4 is 5.32 Å². The first-order valence-corrected chi connectivity index (χ1v) is 13.4. The molecule has 0 saturated carbocycles. The van der Waals surface area contributed by atoms with E-state index in [2.05, 4.69) is 33.0 Å². The second-order valence-electron chi connectivity index (χ2n) is 9.40. The molecule has 8 heteroatoms. The molecule has 1 aliphatic rings. The Bertz CT molecular complexity index is 1040. The highest BCUT2D eigenvalue weighted by molar-refractivity contribution is 8.18. The van der Waals surface area contributed by atoms with Gasteiger partial charge in [-0.2, -0.15) is 10.5 Å². The zero-order chi connectivity index (χ0) is 25.9. The van der Waals surface area contributed by atoms with Gasteiger partial charge in [-0.15, -0.1) is 23.5 Å². The van der Waals surface area contributed by atoms with E-state index in [4.69, 9.17) is 9.84 Å². The number of hydrogen-bond donors (Lipinski definition) is 2. The normalized spacial score (nSPS) is 15.2. The third-order valence-corrected chi connectivity index (χ3v) is 8.07. The minimum Gasteiger partial charge on any atom is -0.448 e. The summed E-state index contributed by atoms with van der Waals surface area (Å²) < 4.78 is 5.23. The fourth-order valence-corrected chi connectivity index (χ4v) is 5.76. The number of rotatable bonds is 10. The quantitative estimate of drug-likeness (QED) is 0.209. The molecule has 0 unspecified atom stereocenters. The van der Waals surface area contributed by atoms with Gasteiger partial charge < -0.3 is 9.84 Å². The number of nitriles is 2. The highest BCUT2D eigenvalue weighted by Gasteiger charge is 2.26. The smallest absolute Gasteiger partial charge is 0.411 e. The number of nitrogens with one attached hydrogen (secondary N) is 1. The molecule has 0 bridgehead atoms. The van der Waals surface area contributed by atoms with Crippen LogP contribution >= 0.6 is 23.5 Å². The first-order chi connectivity index (χ1) is 16.6. The molecule has 2 N–H and O–H groups in total. The lowest BCUT2D eigenvalue weighted by molar-refractivity contribution is 0.169. The van der Waals surface area contributed by atoms with Crippen molar-refractivity contribution in [3.63, 3.8) is 0 Å². The molecule has 186 valence electrons. The summed E-state index contributed by atoms with van der Waals surface area (Å²) in [5, 5.41) is 30.1. The standard InChI is InChI=1S/C27H33N3O3S2/c1-26(2)16-21(15-22(17-26)23(18-28)19-29)6-5-20-7-9-24(10-8-20)30-25(32)33-12-14-35-27(3,4)34-13-11-31/h5-10,15,31H,11-14,16-17H2,1-4H3,(H,30,32)/b6-5+. The van der Waals surface area contributed by atoms with Gasteiger partial charge in [-0.3, -0.25) is 5.32 Å². The van der Waals surface area contributed by atoms with Crippen LogP contribution in [0, 0.1) is 28.1 Å². The van der Waals surface area contributed by atoms with Crippen LogP contribution in [-0.4, -0.2) is 40.0 Å². The van der Waals surface area contributed by atoms with Crippen LogP contribution in [0.5, 0.6) is 0 Å². The average molecular weight is 512 g/mol. The van der Waals surface area contributed by atoms with Gasteiger partial charge in [0.05, 0.1) is 10.7 Å². The maximum atomic E-state index is 12.1. The fraction of sp³-hybridized carbons (Fsp3) is 0.444.